The first-order valence-corrected chi connectivity index (χ1v) is 4.81. The molecule has 0 fully saturated rings. The first-order valence-electron chi connectivity index (χ1n) is 2.61. The van der Waals surface area contributed by atoms with E-state index in [2.05, 4.69) is 15.1 Å². The normalized spacial score (nSPS) is 12.6. The molecule has 0 amide bonds. The zero-order valence-corrected chi connectivity index (χ0v) is 9.04. The van der Waals surface area contributed by atoms with Crippen LogP contribution in [0.25, 0.3) is 0 Å². The Bertz CT molecular complexity index is 149. The fourth-order valence-corrected chi connectivity index (χ4v) is 0.987. The van der Waals surface area contributed by atoms with Crippen LogP contribution in [0.1, 0.15) is 6.92 Å². The summed E-state index contributed by atoms with van der Waals surface area (Å²) in [5.74, 6) is -0.713. The van der Waals surface area contributed by atoms with Crippen molar-refractivity contribution in [3.63, 3.8) is 0 Å². The van der Waals surface area contributed by atoms with Crippen LogP contribution in [0.15, 0.2) is 12.2 Å². The average molecular weight is 180 g/mol. The molecular formula is C4H9FO3Si2. The summed E-state index contributed by atoms with van der Waals surface area (Å²) in [4.78, 5) is 10.5. The van der Waals surface area contributed by atoms with Crippen LogP contribution in [0.3, 0.4) is 0 Å². The number of carbonyl (C=O) groups excluding carboxylic acids is 1. The minimum absolute atomic E-state index is 0.189. The monoisotopic (exact) mass is 180 g/mol. The molecule has 6 heteroatoms. The molecule has 0 saturated heterocycles. The highest BCUT2D eigenvalue weighted by atomic mass is 28.4. The maximum absolute atomic E-state index is 12.2. The minimum atomic E-state index is -3.14. The quantitative estimate of drug-likeness (QED) is 0.320. The number of carbonyl (C=O) groups is 1. The third-order valence-corrected chi connectivity index (χ3v) is 2.62. The van der Waals surface area contributed by atoms with Crippen LogP contribution in [-0.4, -0.2) is 26.1 Å². The van der Waals surface area contributed by atoms with E-state index in [9.17, 15) is 8.90 Å². The second kappa shape index (κ2) is 4.37. The van der Waals surface area contributed by atoms with Gasteiger partial charge < -0.3 is 8.54 Å². The molecule has 0 aromatic rings. The van der Waals surface area contributed by atoms with Gasteiger partial charge in [-0.15, -0.1) is 0 Å². The van der Waals surface area contributed by atoms with Crippen LogP contribution in [0.4, 0.5) is 4.11 Å². The van der Waals surface area contributed by atoms with E-state index in [1.165, 1.54) is 6.92 Å². The van der Waals surface area contributed by atoms with E-state index in [0.29, 0.717) is 0 Å². The van der Waals surface area contributed by atoms with Crippen molar-refractivity contribution in [1.29, 1.82) is 0 Å². The van der Waals surface area contributed by atoms with Gasteiger partial charge >= 0.3 is 15.6 Å². The van der Waals surface area contributed by atoms with Crippen LogP contribution in [-0.2, 0) is 13.3 Å². The fraction of sp³-hybridized carbons (Fsp3) is 0.250. The Morgan fingerprint density at radius 1 is 1.80 bits per heavy atom. The zero-order valence-electron chi connectivity index (χ0n) is 5.89. The lowest BCUT2D eigenvalue weighted by molar-refractivity contribution is -0.131. The number of rotatable bonds is 3. The Morgan fingerprint density at radius 2 is 2.30 bits per heavy atom. The van der Waals surface area contributed by atoms with Crippen molar-refractivity contribution < 1.29 is 17.4 Å². The van der Waals surface area contributed by atoms with Gasteiger partial charge in [0.25, 0.3) is 0 Å². The topological polar surface area (TPSA) is 35.5 Å². The molecule has 58 valence electrons. The summed E-state index contributed by atoms with van der Waals surface area (Å²) in [7, 11) is -2.89. The summed E-state index contributed by atoms with van der Waals surface area (Å²) in [6.07, 6.45) is 0. The lowest BCUT2D eigenvalue weighted by Gasteiger charge is -2.04. The van der Waals surface area contributed by atoms with Gasteiger partial charge in [0.15, 0.2) is 0 Å². The van der Waals surface area contributed by atoms with Crippen molar-refractivity contribution in [2.24, 2.45) is 0 Å². The predicted molar refractivity (Wildman–Crippen MR) is 40.2 cm³/mol. The van der Waals surface area contributed by atoms with Crippen molar-refractivity contribution in [3.8, 4) is 0 Å². The van der Waals surface area contributed by atoms with Gasteiger partial charge in [0.2, 0.25) is 0 Å². The third-order valence-electron chi connectivity index (χ3n) is 0.733. The summed E-state index contributed by atoms with van der Waals surface area (Å²) in [6, 6.07) is 0. The molecule has 0 aromatic heterocycles. The Labute approximate surface area is 63.4 Å². The van der Waals surface area contributed by atoms with Gasteiger partial charge in [0.05, 0.1) is 0 Å². The Morgan fingerprint density at radius 3 is 2.60 bits per heavy atom. The smallest absolute Gasteiger partial charge is 0.470 e. The average Bonchev–Trinajstić information content (AvgIpc) is 1.87. The molecule has 0 bridgehead atoms. The van der Waals surface area contributed by atoms with Crippen molar-refractivity contribution >= 4 is 26.1 Å². The molecule has 1 atom stereocenters. The SMILES string of the molecule is C=C(C)C(=O)O[SiH](F)O[SiH3]. The summed E-state index contributed by atoms with van der Waals surface area (Å²) in [5, 5.41) is 0. The molecule has 0 saturated carbocycles. The van der Waals surface area contributed by atoms with Gasteiger partial charge in [-0.25, -0.2) is 8.90 Å². The van der Waals surface area contributed by atoms with Crippen LogP contribution in [0, 0.1) is 0 Å². The van der Waals surface area contributed by atoms with Gasteiger partial charge in [0.1, 0.15) is 10.5 Å². The predicted octanol–water partition coefficient (Wildman–Crippen LogP) is -0.911. The van der Waals surface area contributed by atoms with E-state index in [-0.39, 0.29) is 16.1 Å². The molecule has 0 N–H and O–H groups in total. The number of hydrogen-bond acceptors (Lipinski definition) is 3. The highest BCUT2D eigenvalue weighted by Crippen LogP contribution is 1.95. The van der Waals surface area contributed by atoms with Gasteiger partial charge in [-0.1, -0.05) is 6.58 Å². The lowest BCUT2D eigenvalue weighted by atomic mass is 10.4. The molecule has 0 aliphatic rings. The molecule has 0 aliphatic heterocycles. The van der Waals surface area contributed by atoms with E-state index >= 15 is 0 Å². The summed E-state index contributed by atoms with van der Waals surface area (Å²) < 4.78 is 20.7. The molecule has 0 rings (SSSR count). The second-order valence-corrected chi connectivity index (χ2v) is 4.37. The summed E-state index contributed by atoms with van der Waals surface area (Å²) in [5.41, 5.74) is 0.189. The lowest BCUT2D eigenvalue weighted by Crippen LogP contribution is -2.20. The Balaban J connectivity index is 3.68. The molecule has 0 spiro atoms. The van der Waals surface area contributed by atoms with Gasteiger partial charge in [-0.3, -0.25) is 0 Å². The van der Waals surface area contributed by atoms with Crippen molar-refractivity contribution in [2.45, 2.75) is 6.92 Å². The van der Waals surface area contributed by atoms with E-state index in [0.717, 1.165) is 0 Å². The first-order chi connectivity index (χ1) is 4.57. The highest BCUT2D eigenvalue weighted by molar-refractivity contribution is 6.44. The van der Waals surface area contributed by atoms with Crippen LogP contribution < -0.4 is 0 Å². The number of hydrogen-bond donors (Lipinski definition) is 0. The molecule has 0 radical (unpaired) electrons. The molecule has 1 unspecified atom stereocenters. The molecule has 0 heterocycles. The van der Waals surface area contributed by atoms with E-state index < -0.39 is 15.6 Å². The van der Waals surface area contributed by atoms with Gasteiger partial charge in [-0.2, -0.15) is 0 Å². The maximum Gasteiger partial charge on any atom is 0.579 e. The summed E-state index contributed by atoms with van der Waals surface area (Å²) in [6.45, 7) is 4.73. The largest absolute Gasteiger partial charge is 0.579 e. The number of halogens is 1. The maximum atomic E-state index is 12.2. The second-order valence-electron chi connectivity index (χ2n) is 1.70. The van der Waals surface area contributed by atoms with E-state index in [1.807, 2.05) is 0 Å². The zero-order chi connectivity index (χ0) is 8.15. The van der Waals surface area contributed by atoms with Crippen molar-refractivity contribution in [1.82, 2.24) is 0 Å². The van der Waals surface area contributed by atoms with E-state index in [4.69, 9.17) is 0 Å². The summed E-state index contributed by atoms with van der Waals surface area (Å²) >= 11 is 0. The standard InChI is InChI=1S/C4H9FO3Si2/c1-3(2)4(6)7-10(5)8-9/h10H,1H2,2,9H3. The van der Waals surface area contributed by atoms with Crippen LogP contribution in [0.2, 0.25) is 0 Å². The third kappa shape index (κ3) is 3.54. The fourth-order valence-electron chi connectivity index (χ4n) is 0.233. The molecular weight excluding hydrogens is 171 g/mol. The highest BCUT2D eigenvalue weighted by Gasteiger charge is 2.15. The van der Waals surface area contributed by atoms with Crippen LogP contribution in [0.5, 0.6) is 0 Å². The van der Waals surface area contributed by atoms with Gasteiger partial charge in [-0.05, 0) is 6.92 Å². The molecule has 0 aliphatic carbocycles. The molecule has 0 aromatic carbocycles. The first kappa shape index (κ1) is 9.53. The molecule has 10 heavy (non-hydrogen) atoms. The van der Waals surface area contributed by atoms with Crippen LogP contribution >= 0.6 is 0 Å². The molecule has 3 nitrogen and oxygen atoms in total. The van der Waals surface area contributed by atoms with Gasteiger partial charge in [0, 0.05) is 5.57 Å². The van der Waals surface area contributed by atoms with E-state index in [1.54, 1.807) is 0 Å². The Kier molecular flexibility index (Phi) is 4.16. The minimum Gasteiger partial charge on any atom is -0.470 e. The van der Waals surface area contributed by atoms with Crippen molar-refractivity contribution in [3.05, 3.63) is 12.2 Å². The van der Waals surface area contributed by atoms with Crippen molar-refractivity contribution in [2.75, 3.05) is 0 Å². The Hall–Kier alpha value is -0.466.